The predicted octanol–water partition coefficient (Wildman–Crippen LogP) is 4.38. The zero-order chi connectivity index (χ0) is 13.1. The highest BCUT2D eigenvalue weighted by Crippen LogP contribution is 2.33. The molecule has 0 amide bonds. The molecule has 1 aromatic carbocycles. The van der Waals surface area contributed by atoms with E-state index in [4.69, 9.17) is 5.73 Å². The summed E-state index contributed by atoms with van der Waals surface area (Å²) in [5, 5.41) is 0. The highest BCUT2D eigenvalue weighted by atomic mass is 14.7. The van der Waals surface area contributed by atoms with Crippen molar-refractivity contribution in [2.24, 2.45) is 0 Å². The Morgan fingerprint density at radius 3 is 2.26 bits per heavy atom. The predicted molar refractivity (Wildman–Crippen MR) is 79.9 cm³/mol. The van der Waals surface area contributed by atoms with Crippen LogP contribution in [0, 0.1) is 0 Å². The maximum absolute atomic E-state index is 5.66. The van der Waals surface area contributed by atoms with Crippen molar-refractivity contribution in [1.82, 2.24) is 4.98 Å². The molecular weight excluding hydrogens is 232 g/mol. The van der Waals surface area contributed by atoms with Crippen molar-refractivity contribution < 1.29 is 0 Å². The van der Waals surface area contributed by atoms with Gasteiger partial charge < -0.3 is 5.73 Å². The smallest absolute Gasteiger partial charge is 0.0703 e. The van der Waals surface area contributed by atoms with Crippen molar-refractivity contribution in [2.45, 2.75) is 38.0 Å². The van der Waals surface area contributed by atoms with Crippen LogP contribution in [0.3, 0.4) is 0 Å². The third-order valence-electron chi connectivity index (χ3n) is 4.07. The number of pyridine rings is 1. The van der Waals surface area contributed by atoms with Crippen LogP contribution in [0.4, 0.5) is 5.69 Å². The number of nitrogen functional groups attached to an aromatic ring is 1. The van der Waals surface area contributed by atoms with Gasteiger partial charge in [0.25, 0.3) is 0 Å². The number of nitrogens with zero attached hydrogens (tertiary/aromatic N) is 1. The monoisotopic (exact) mass is 252 g/mol. The van der Waals surface area contributed by atoms with Crippen LogP contribution in [0.2, 0.25) is 0 Å². The molecule has 0 radical (unpaired) electrons. The van der Waals surface area contributed by atoms with E-state index in [1.54, 1.807) is 6.20 Å². The van der Waals surface area contributed by atoms with E-state index in [1.165, 1.54) is 43.2 Å². The maximum atomic E-state index is 5.66. The molecule has 19 heavy (non-hydrogen) atoms. The molecule has 1 aromatic heterocycles. The molecule has 2 aromatic rings. The SMILES string of the molecule is Nc1ccc(-c2ccc(C3CCCCC3)cc2)nc1. The summed E-state index contributed by atoms with van der Waals surface area (Å²) >= 11 is 0. The van der Waals surface area contributed by atoms with Gasteiger partial charge in [-0.2, -0.15) is 0 Å². The molecule has 0 unspecified atom stereocenters. The quantitative estimate of drug-likeness (QED) is 0.861. The summed E-state index contributed by atoms with van der Waals surface area (Å²) in [6.45, 7) is 0. The highest BCUT2D eigenvalue weighted by molar-refractivity contribution is 5.61. The minimum atomic E-state index is 0.711. The Hall–Kier alpha value is -1.83. The van der Waals surface area contributed by atoms with Crippen molar-refractivity contribution in [3.05, 3.63) is 48.2 Å². The first kappa shape index (κ1) is 12.2. The van der Waals surface area contributed by atoms with E-state index >= 15 is 0 Å². The number of aromatic nitrogens is 1. The molecule has 0 bridgehead atoms. The largest absolute Gasteiger partial charge is 0.397 e. The standard InChI is InChI=1S/C17H20N2/c18-16-10-11-17(19-12-16)15-8-6-14(7-9-15)13-4-2-1-3-5-13/h6-13H,1-5,18H2. The van der Waals surface area contributed by atoms with Gasteiger partial charge in [0, 0.05) is 5.56 Å². The van der Waals surface area contributed by atoms with Gasteiger partial charge in [-0.05, 0) is 36.5 Å². The van der Waals surface area contributed by atoms with Crippen LogP contribution in [0.25, 0.3) is 11.3 Å². The van der Waals surface area contributed by atoms with Crippen LogP contribution in [0.1, 0.15) is 43.6 Å². The molecule has 2 nitrogen and oxygen atoms in total. The first-order valence-electron chi connectivity index (χ1n) is 7.15. The van der Waals surface area contributed by atoms with Gasteiger partial charge in [-0.25, -0.2) is 0 Å². The lowest BCUT2D eigenvalue weighted by Crippen LogP contribution is -2.04. The average molecular weight is 252 g/mol. The summed E-state index contributed by atoms with van der Waals surface area (Å²) in [5.74, 6) is 0.766. The third kappa shape index (κ3) is 2.78. The molecule has 0 saturated heterocycles. The van der Waals surface area contributed by atoms with Crippen molar-refractivity contribution in [2.75, 3.05) is 5.73 Å². The molecule has 0 spiro atoms. The topological polar surface area (TPSA) is 38.9 Å². The number of nitrogens with two attached hydrogens (primary N) is 1. The second-order valence-corrected chi connectivity index (χ2v) is 5.43. The highest BCUT2D eigenvalue weighted by Gasteiger charge is 2.15. The molecule has 1 fully saturated rings. The molecular formula is C17H20N2. The number of anilines is 1. The van der Waals surface area contributed by atoms with Crippen molar-refractivity contribution in [3.8, 4) is 11.3 Å². The van der Waals surface area contributed by atoms with E-state index in [0.29, 0.717) is 5.69 Å². The van der Waals surface area contributed by atoms with E-state index in [9.17, 15) is 0 Å². The summed E-state index contributed by atoms with van der Waals surface area (Å²) in [7, 11) is 0. The van der Waals surface area contributed by atoms with Gasteiger partial charge in [-0.15, -0.1) is 0 Å². The molecule has 0 atom stereocenters. The van der Waals surface area contributed by atoms with Gasteiger partial charge in [0.05, 0.1) is 17.6 Å². The van der Waals surface area contributed by atoms with Crippen molar-refractivity contribution in [1.29, 1.82) is 0 Å². The zero-order valence-electron chi connectivity index (χ0n) is 11.2. The summed E-state index contributed by atoms with van der Waals surface area (Å²) in [6.07, 6.45) is 8.57. The number of hydrogen-bond acceptors (Lipinski definition) is 2. The Bertz CT molecular complexity index is 522. The lowest BCUT2D eigenvalue weighted by molar-refractivity contribution is 0.443. The minimum absolute atomic E-state index is 0.711. The normalized spacial score (nSPS) is 16.4. The van der Waals surface area contributed by atoms with Crippen LogP contribution in [-0.4, -0.2) is 4.98 Å². The summed E-state index contributed by atoms with van der Waals surface area (Å²) < 4.78 is 0. The van der Waals surface area contributed by atoms with Gasteiger partial charge in [0.1, 0.15) is 0 Å². The lowest BCUT2D eigenvalue weighted by atomic mass is 9.84. The number of hydrogen-bond donors (Lipinski definition) is 1. The first-order chi connectivity index (χ1) is 9.33. The minimum Gasteiger partial charge on any atom is -0.397 e. The summed E-state index contributed by atoms with van der Waals surface area (Å²) in [5.41, 5.74) is 10.0. The summed E-state index contributed by atoms with van der Waals surface area (Å²) in [6, 6.07) is 12.8. The second-order valence-electron chi connectivity index (χ2n) is 5.43. The summed E-state index contributed by atoms with van der Waals surface area (Å²) in [4.78, 5) is 4.37. The molecule has 2 heteroatoms. The molecule has 1 aliphatic rings. The van der Waals surface area contributed by atoms with E-state index in [1.807, 2.05) is 12.1 Å². The zero-order valence-corrected chi connectivity index (χ0v) is 11.2. The van der Waals surface area contributed by atoms with E-state index < -0.39 is 0 Å². The fourth-order valence-corrected chi connectivity index (χ4v) is 2.94. The van der Waals surface area contributed by atoms with Gasteiger partial charge in [-0.1, -0.05) is 43.5 Å². The Morgan fingerprint density at radius 1 is 0.895 bits per heavy atom. The maximum Gasteiger partial charge on any atom is 0.0703 e. The fourth-order valence-electron chi connectivity index (χ4n) is 2.94. The molecule has 98 valence electrons. The molecule has 1 aliphatic carbocycles. The molecule has 2 N–H and O–H groups in total. The van der Waals surface area contributed by atoms with Crippen molar-refractivity contribution in [3.63, 3.8) is 0 Å². The molecule has 0 aliphatic heterocycles. The van der Waals surface area contributed by atoms with E-state index in [2.05, 4.69) is 29.2 Å². The van der Waals surface area contributed by atoms with Gasteiger partial charge in [-0.3, -0.25) is 4.98 Å². The van der Waals surface area contributed by atoms with Gasteiger partial charge in [0.15, 0.2) is 0 Å². The molecule has 1 saturated carbocycles. The average Bonchev–Trinajstić information content (AvgIpc) is 2.49. The molecule has 3 rings (SSSR count). The van der Waals surface area contributed by atoms with E-state index in [0.717, 1.165) is 11.6 Å². The Morgan fingerprint density at radius 2 is 1.63 bits per heavy atom. The third-order valence-corrected chi connectivity index (χ3v) is 4.07. The van der Waals surface area contributed by atoms with Crippen molar-refractivity contribution >= 4 is 5.69 Å². The second kappa shape index (κ2) is 5.43. The Labute approximate surface area is 114 Å². The van der Waals surface area contributed by atoms with E-state index in [-0.39, 0.29) is 0 Å². The van der Waals surface area contributed by atoms with Crippen LogP contribution in [0.15, 0.2) is 42.6 Å². The fraction of sp³-hybridized carbons (Fsp3) is 0.353. The van der Waals surface area contributed by atoms with Crippen LogP contribution < -0.4 is 5.73 Å². The van der Waals surface area contributed by atoms with Crippen LogP contribution >= 0.6 is 0 Å². The Kier molecular flexibility index (Phi) is 3.49. The van der Waals surface area contributed by atoms with Crippen LogP contribution in [0.5, 0.6) is 0 Å². The number of benzene rings is 1. The lowest BCUT2D eigenvalue weighted by Gasteiger charge is -2.22. The van der Waals surface area contributed by atoms with Gasteiger partial charge >= 0.3 is 0 Å². The number of rotatable bonds is 2. The Balaban J connectivity index is 1.80. The molecule has 1 heterocycles. The van der Waals surface area contributed by atoms with Crippen LogP contribution in [-0.2, 0) is 0 Å². The van der Waals surface area contributed by atoms with Gasteiger partial charge in [0.2, 0.25) is 0 Å². The first-order valence-corrected chi connectivity index (χ1v) is 7.15.